The molecule has 5 nitrogen and oxygen atoms in total. The fourth-order valence-electron chi connectivity index (χ4n) is 2.19. The van der Waals surface area contributed by atoms with Crippen LogP contribution in [0.5, 0.6) is 0 Å². The molecular formula is C11H20N2O3. The zero-order valence-electron chi connectivity index (χ0n) is 9.50. The van der Waals surface area contributed by atoms with Crippen molar-refractivity contribution in [1.29, 1.82) is 0 Å². The van der Waals surface area contributed by atoms with E-state index in [-0.39, 0.29) is 18.0 Å². The van der Waals surface area contributed by atoms with Crippen molar-refractivity contribution in [2.45, 2.75) is 43.2 Å². The molecule has 0 aromatic rings. The number of amides is 1. The number of ether oxygens (including phenoxy) is 1. The summed E-state index contributed by atoms with van der Waals surface area (Å²) < 4.78 is 5.10. The minimum absolute atomic E-state index is 0.0671. The van der Waals surface area contributed by atoms with Crippen LogP contribution >= 0.6 is 0 Å². The van der Waals surface area contributed by atoms with Gasteiger partial charge in [0.25, 0.3) is 0 Å². The Hall–Kier alpha value is -0.650. The summed E-state index contributed by atoms with van der Waals surface area (Å²) in [5, 5.41) is 12.7. The van der Waals surface area contributed by atoms with Crippen LogP contribution in [0.1, 0.15) is 32.1 Å². The van der Waals surface area contributed by atoms with E-state index in [0.29, 0.717) is 26.1 Å². The van der Waals surface area contributed by atoms with E-state index in [2.05, 4.69) is 5.32 Å². The number of nitrogens with two attached hydrogens (primary N) is 1. The van der Waals surface area contributed by atoms with Gasteiger partial charge in [0, 0.05) is 31.5 Å². The number of carbonyl (C=O) groups excluding carboxylic acids is 1. The molecule has 1 aliphatic carbocycles. The van der Waals surface area contributed by atoms with Crippen LogP contribution in [-0.4, -0.2) is 41.9 Å². The largest absolute Gasteiger partial charge is 0.386 e. The Kier molecular flexibility index (Phi) is 3.19. The molecule has 0 bridgehead atoms. The molecule has 0 radical (unpaired) electrons. The van der Waals surface area contributed by atoms with Gasteiger partial charge in [-0.05, 0) is 19.3 Å². The number of rotatable bonds is 4. The van der Waals surface area contributed by atoms with Crippen LogP contribution in [0.4, 0.5) is 0 Å². The third-order valence-electron chi connectivity index (χ3n) is 3.56. The third-order valence-corrected chi connectivity index (χ3v) is 3.56. The zero-order chi connectivity index (χ0) is 11.6. The average Bonchev–Trinajstić information content (AvgIpc) is 2.61. The Bertz CT molecular complexity index is 270. The minimum Gasteiger partial charge on any atom is -0.386 e. The van der Waals surface area contributed by atoms with E-state index in [4.69, 9.17) is 10.5 Å². The second-order valence-corrected chi connectivity index (χ2v) is 5.20. The molecule has 4 N–H and O–H groups in total. The highest BCUT2D eigenvalue weighted by Crippen LogP contribution is 2.31. The van der Waals surface area contributed by atoms with Crippen molar-refractivity contribution in [1.82, 2.24) is 5.32 Å². The van der Waals surface area contributed by atoms with Gasteiger partial charge in [-0.25, -0.2) is 0 Å². The first-order valence-corrected chi connectivity index (χ1v) is 5.87. The number of carbonyl (C=O) groups is 1. The maximum absolute atomic E-state index is 11.6. The highest BCUT2D eigenvalue weighted by atomic mass is 16.5. The molecule has 1 atom stereocenters. The van der Waals surface area contributed by atoms with E-state index in [1.54, 1.807) is 0 Å². The van der Waals surface area contributed by atoms with Gasteiger partial charge in [-0.3, -0.25) is 4.79 Å². The van der Waals surface area contributed by atoms with Gasteiger partial charge in [-0.2, -0.15) is 0 Å². The van der Waals surface area contributed by atoms with Crippen LogP contribution in [0.25, 0.3) is 0 Å². The molecular weight excluding hydrogens is 208 g/mol. The minimum atomic E-state index is -0.878. The molecule has 1 saturated carbocycles. The maximum atomic E-state index is 11.6. The van der Waals surface area contributed by atoms with Crippen molar-refractivity contribution < 1.29 is 14.6 Å². The first kappa shape index (κ1) is 11.8. The molecule has 1 heterocycles. The number of hydrogen-bond donors (Lipinski definition) is 3. The summed E-state index contributed by atoms with van der Waals surface area (Å²) in [4.78, 5) is 11.6. The molecule has 0 aromatic heterocycles. The predicted octanol–water partition coefficient (Wildman–Crippen LogP) is -0.475. The summed E-state index contributed by atoms with van der Waals surface area (Å²) in [6.07, 6.45) is 3.91. The van der Waals surface area contributed by atoms with Crippen LogP contribution in [0.15, 0.2) is 0 Å². The van der Waals surface area contributed by atoms with E-state index >= 15 is 0 Å². The van der Waals surface area contributed by atoms with E-state index < -0.39 is 5.60 Å². The van der Waals surface area contributed by atoms with Crippen LogP contribution in [0.2, 0.25) is 0 Å². The summed E-state index contributed by atoms with van der Waals surface area (Å²) in [5.74, 6) is -0.0671. The van der Waals surface area contributed by atoms with Gasteiger partial charge < -0.3 is 20.9 Å². The summed E-state index contributed by atoms with van der Waals surface area (Å²) in [6.45, 7) is 1.14. The Morgan fingerprint density at radius 2 is 2.19 bits per heavy atom. The van der Waals surface area contributed by atoms with Crippen LogP contribution < -0.4 is 11.1 Å². The predicted molar refractivity (Wildman–Crippen MR) is 58.8 cm³/mol. The topological polar surface area (TPSA) is 84.6 Å². The standard InChI is InChI=1S/C11H20N2O3/c12-10(2-1-3-10)6-9(14)13-7-11(15)4-5-16-8-11/h15H,1-8,12H2,(H,13,14). The monoisotopic (exact) mass is 228 g/mol. The molecule has 92 valence electrons. The summed E-state index contributed by atoms with van der Waals surface area (Å²) >= 11 is 0. The van der Waals surface area contributed by atoms with E-state index in [1.165, 1.54) is 0 Å². The fraction of sp³-hybridized carbons (Fsp3) is 0.909. The molecule has 0 spiro atoms. The molecule has 2 rings (SSSR count). The lowest BCUT2D eigenvalue weighted by Crippen LogP contribution is -2.51. The molecule has 1 saturated heterocycles. The van der Waals surface area contributed by atoms with Gasteiger partial charge in [0.05, 0.1) is 6.61 Å². The van der Waals surface area contributed by atoms with Crippen molar-refractivity contribution in [3.8, 4) is 0 Å². The summed E-state index contributed by atoms with van der Waals surface area (Å²) in [6, 6.07) is 0. The second-order valence-electron chi connectivity index (χ2n) is 5.20. The Morgan fingerprint density at radius 3 is 2.69 bits per heavy atom. The summed E-state index contributed by atoms with van der Waals surface area (Å²) in [5.41, 5.74) is 4.80. The lowest BCUT2D eigenvalue weighted by atomic mass is 9.75. The zero-order valence-corrected chi connectivity index (χ0v) is 9.50. The van der Waals surface area contributed by atoms with E-state index in [0.717, 1.165) is 19.3 Å². The second kappa shape index (κ2) is 4.31. The highest BCUT2D eigenvalue weighted by Gasteiger charge is 2.36. The van der Waals surface area contributed by atoms with Crippen molar-refractivity contribution in [2.24, 2.45) is 5.73 Å². The molecule has 0 aromatic carbocycles. The Morgan fingerprint density at radius 1 is 1.44 bits per heavy atom. The normalized spacial score (nSPS) is 32.1. The smallest absolute Gasteiger partial charge is 0.221 e. The van der Waals surface area contributed by atoms with Gasteiger partial charge in [-0.15, -0.1) is 0 Å². The number of nitrogens with one attached hydrogen (secondary N) is 1. The Balaban J connectivity index is 1.71. The lowest BCUT2D eigenvalue weighted by Gasteiger charge is -2.37. The first-order valence-electron chi connectivity index (χ1n) is 5.87. The summed E-state index contributed by atoms with van der Waals surface area (Å²) in [7, 11) is 0. The van der Waals surface area contributed by atoms with Gasteiger partial charge in [0.1, 0.15) is 5.60 Å². The number of aliphatic hydroxyl groups is 1. The van der Waals surface area contributed by atoms with Crippen LogP contribution in [-0.2, 0) is 9.53 Å². The molecule has 1 amide bonds. The third kappa shape index (κ3) is 2.72. The van der Waals surface area contributed by atoms with Crippen LogP contribution in [0, 0.1) is 0 Å². The molecule has 2 aliphatic rings. The van der Waals surface area contributed by atoms with E-state index in [1.807, 2.05) is 0 Å². The van der Waals surface area contributed by atoms with Crippen molar-refractivity contribution in [3.63, 3.8) is 0 Å². The van der Waals surface area contributed by atoms with E-state index in [9.17, 15) is 9.90 Å². The highest BCUT2D eigenvalue weighted by molar-refractivity contribution is 5.77. The van der Waals surface area contributed by atoms with Crippen molar-refractivity contribution in [3.05, 3.63) is 0 Å². The molecule has 16 heavy (non-hydrogen) atoms. The molecule has 1 aliphatic heterocycles. The molecule has 1 unspecified atom stereocenters. The van der Waals surface area contributed by atoms with Crippen LogP contribution in [0.3, 0.4) is 0 Å². The number of hydrogen-bond acceptors (Lipinski definition) is 4. The first-order chi connectivity index (χ1) is 7.52. The van der Waals surface area contributed by atoms with Gasteiger partial charge >= 0.3 is 0 Å². The quantitative estimate of drug-likeness (QED) is 0.607. The SMILES string of the molecule is NC1(CC(=O)NCC2(O)CCOC2)CCC1. The van der Waals surface area contributed by atoms with Gasteiger partial charge in [0.2, 0.25) is 5.91 Å². The van der Waals surface area contributed by atoms with Gasteiger partial charge in [0.15, 0.2) is 0 Å². The van der Waals surface area contributed by atoms with Crippen molar-refractivity contribution in [2.75, 3.05) is 19.8 Å². The fourth-order valence-corrected chi connectivity index (χ4v) is 2.19. The maximum Gasteiger partial charge on any atom is 0.221 e. The average molecular weight is 228 g/mol. The molecule has 5 heteroatoms. The Labute approximate surface area is 95.3 Å². The van der Waals surface area contributed by atoms with Crippen molar-refractivity contribution >= 4 is 5.91 Å². The lowest BCUT2D eigenvalue weighted by molar-refractivity contribution is -0.124. The van der Waals surface area contributed by atoms with Gasteiger partial charge in [-0.1, -0.05) is 0 Å². The molecule has 2 fully saturated rings.